The highest BCUT2D eigenvalue weighted by Gasteiger charge is 2.65. The molecule has 6 heteroatoms. The van der Waals surface area contributed by atoms with Gasteiger partial charge in [-0.25, -0.2) is 0 Å². The number of aliphatic hydroxyl groups is 1. The topological polar surface area (TPSA) is 95.9 Å². The van der Waals surface area contributed by atoms with Crippen molar-refractivity contribution in [3.63, 3.8) is 0 Å². The first-order valence-electron chi connectivity index (χ1n) is 6.67. The van der Waals surface area contributed by atoms with Crippen molar-refractivity contribution in [1.29, 1.82) is 0 Å². The van der Waals surface area contributed by atoms with Crippen molar-refractivity contribution in [2.24, 2.45) is 17.3 Å². The molecule has 1 heterocycles. The minimum absolute atomic E-state index is 0.00926. The molecular formula is C13H21NO5. The Bertz CT molecular complexity index is 394. The Morgan fingerprint density at radius 3 is 2.37 bits per heavy atom. The van der Waals surface area contributed by atoms with Gasteiger partial charge in [0.25, 0.3) is 0 Å². The van der Waals surface area contributed by atoms with Crippen molar-refractivity contribution in [1.82, 2.24) is 5.32 Å². The first-order valence-corrected chi connectivity index (χ1v) is 6.67. The molecule has 3 aliphatic rings. The third-order valence-corrected chi connectivity index (χ3v) is 4.84. The molecule has 6 nitrogen and oxygen atoms in total. The average molecular weight is 271 g/mol. The normalized spacial score (nSPS) is 41.7. The maximum absolute atomic E-state index is 10.9. The molecule has 19 heavy (non-hydrogen) atoms. The summed E-state index contributed by atoms with van der Waals surface area (Å²) in [6.45, 7) is 2.49. The lowest BCUT2D eigenvalue weighted by atomic mass is 10.0. The predicted molar refractivity (Wildman–Crippen MR) is 66.4 cm³/mol. The van der Waals surface area contributed by atoms with Crippen LogP contribution in [0.4, 0.5) is 0 Å². The van der Waals surface area contributed by atoms with E-state index in [1.165, 1.54) is 0 Å². The summed E-state index contributed by atoms with van der Waals surface area (Å²) >= 11 is 0. The van der Waals surface area contributed by atoms with E-state index in [4.69, 9.17) is 14.9 Å². The van der Waals surface area contributed by atoms with Gasteiger partial charge in [0.15, 0.2) is 0 Å². The molecule has 3 fully saturated rings. The van der Waals surface area contributed by atoms with Crippen LogP contribution in [0.15, 0.2) is 0 Å². The predicted octanol–water partition coefficient (Wildman–Crippen LogP) is 0.000900. The monoisotopic (exact) mass is 271 g/mol. The minimum atomic E-state index is -0.756. The van der Waals surface area contributed by atoms with Crippen LogP contribution >= 0.6 is 0 Å². The number of aliphatic hydroxyl groups excluding tert-OH is 1. The number of fused-ring (bicyclic) bond motifs is 1. The summed E-state index contributed by atoms with van der Waals surface area (Å²) < 4.78 is 4.81. The summed E-state index contributed by atoms with van der Waals surface area (Å²) in [5.74, 6) is -0.339. The van der Waals surface area contributed by atoms with Gasteiger partial charge in [0.05, 0.1) is 12.0 Å². The molecule has 3 rings (SSSR count). The third kappa shape index (κ3) is 2.12. The zero-order valence-electron chi connectivity index (χ0n) is 11.3. The van der Waals surface area contributed by atoms with E-state index in [0.717, 1.165) is 6.42 Å². The summed E-state index contributed by atoms with van der Waals surface area (Å²) in [6, 6.07) is 0. The van der Waals surface area contributed by atoms with Crippen molar-refractivity contribution in [3.05, 3.63) is 0 Å². The molecule has 0 bridgehead atoms. The quantitative estimate of drug-likeness (QED) is 0.623. The molecule has 0 aromatic heterocycles. The molecule has 0 amide bonds. The average Bonchev–Trinajstić information content (AvgIpc) is 3.29. The van der Waals surface area contributed by atoms with E-state index in [1.807, 2.05) is 14.0 Å². The van der Waals surface area contributed by atoms with Crippen LogP contribution in [0.2, 0.25) is 0 Å². The number of likely N-dealkylation sites (N-methyl/N-ethyl adjacent to an activating group) is 1. The van der Waals surface area contributed by atoms with Gasteiger partial charge in [0, 0.05) is 12.5 Å². The van der Waals surface area contributed by atoms with Crippen molar-refractivity contribution >= 4 is 11.9 Å². The molecule has 0 spiro atoms. The van der Waals surface area contributed by atoms with Gasteiger partial charge in [-0.1, -0.05) is 6.92 Å². The first-order chi connectivity index (χ1) is 8.96. The van der Waals surface area contributed by atoms with Crippen LogP contribution in [0, 0.1) is 17.3 Å². The second-order valence-corrected chi connectivity index (χ2v) is 5.62. The van der Waals surface area contributed by atoms with Gasteiger partial charge in [0.2, 0.25) is 0 Å². The van der Waals surface area contributed by atoms with Crippen molar-refractivity contribution in [2.75, 3.05) is 20.3 Å². The zero-order valence-corrected chi connectivity index (χ0v) is 11.3. The molecule has 0 aromatic carbocycles. The number of hydrogen-bond acceptors (Lipinski definition) is 5. The fourth-order valence-electron chi connectivity index (χ4n) is 2.96. The summed E-state index contributed by atoms with van der Waals surface area (Å²) in [4.78, 5) is 21.5. The zero-order chi connectivity index (χ0) is 14.3. The fourth-order valence-corrected chi connectivity index (χ4v) is 2.96. The highest BCUT2D eigenvalue weighted by atomic mass is 16.5. The second-order valence-electron chi connectivity index (χ2n) is 5.62. The van der Waals surface area contributed by atoms with Crippen LogP contribution in [0.1, 0.15) is 26.2 Å². The Labute approximate surface area is 112 Å². The largest absolute Gasteiger partial charge is 0.481 e. The lowest BCUT2D eigenvalue weighted by Gasteiger charge is -2.05. The van der Waals surface area contributed by atoms with Crippen molar-refractivity contribution < 1.29 is 24.5 Å². The van der Waals surface area contributed by atoms with Gasteiger partial charge in [-0.15, -0.1) is 0 Å². The van der Waals surface area contributed by atoms with Gasteiger partial charge in [-0.2, -0.15) is 0 Å². The summed E-state index contributed by atoms with van der Waals surface area (Å²) in [5, 5.41) is 20.3. The molecular weight excluding hydrogens is 250 g/mol. The summed E-state index contributed by atoms with van der Waals surface area (Å²) in [6.07, 6.45) is 2.26. The highest BCUT2D eigenvalue weighted by Crippen LogP contribution is 2.54. The Hall–Kier alpha value is -1.14. The number of carbonyl (C=O) groups excluding carboxylic acids is 1. The molecule has 1 saturated heterocycles. The van der Waals surface area contributed by atoms with Crippen LogP contribution in [0.5, 0.6) is 0 Å². The number of rotatable bonds is 4. The Balaban J connectivity index is 0.000000141. The summed E-state index contributed by atoms with van der Waals surface area (Å²) in [7, 11) is 1.81. The van der Waals surface area contributed by atoms with E-state index in [2.05, 4.69) is 5.32 Å². The van der Waals surface area contributed by atoms with Crippen LogP contribution in [0.3, 0.4) is 0 Å². The number of carboxylic acid groups (broad SMARTS) is 1. The van der Waals surface area contributed by atoms with Gasteiger partial charge in [0.1, 0.15) is 5.54 Å². The smallest absolute Gasteiger partial charge is 0.326 e. The number of carboxylic acids is 1. The van der Waals surface area contributed by atoms with Gasteiger partial charge >= 0.3 is 11.9 Å². The van der Waals surface area contributed by atoms with E-state index < -0.39 is 11.4 Å². The number of hydrogen-bond donors (Lipinski definition) is 3. The number of nitrogens with one attached hydrogen (secondary N) is 1. The maximum Gasteiger partial charge on any atom is 0.326 e. The van der Waals surface area contributed by atoms with E-state index >= 15 is 0 Å². The van der Waals surface area contributed by atoms with E-state index in [0.29, 0.717) is 25.4 Å². The van der Waals surface area contributed by atoms with Gasteiger partial charge < -0.3 is 20.3 Å². The molecule has 2 saturated carbocycles. The Kier molecular flexibility index (Phi) is 3.57. The number of ether oxygens (including phenoxy) is 1. The van der Waals surface area contributed by atoms with E-state index in [1.54, 1.807) is 0 Å². The number of cyclic esters (lactones) is 1. The van der Waals surface area contributed by atoms with Gasteiger partial charge in [-0.05, 0) is 32.2 Å². The molecule has 108 valence electrons. The maximum atomic E-state index is 10.9. The van der Waals surface area contributed by atoms with Crippen molar-refractivity contribution in [2.45, 2.75) is 31.7 Å². The van der Waals surface area contributed by atoms with Crippen LogP contribution in [-0.2, 0) is 14.3 Å². The molecule has 1 aliphatic heterocycles. The Morgan fingerprint density at radius 1 is 1.53 bits per heavy atom. The SMILES string of the molecule is CC[C@@]1(C(=O)O)C[C@@H]1CO.CN[C@@]12CC1COC2=O. The van der Waals surface area contributed by atoms with Crippen LogP contribution < -0.4 is 5.32 Å². The minimum Gasteiger partial charge on any atom is -0.481 e. The van der Waals surface area contributed by atoms with E-state index in [9.17, 15) is 9.59 Å². The van der Waals surface area contributed by atoms with Crippen LogP contribution in [-0.4, -0.2) is 48.0 Å². The lowest BCUT2D eigenvalue weighted by molar-refractivity contribution is -0.144. The Morgan fingerprint density at radius 2 is 2.21 bits per heavy atom. The molecule has 2 aliphatic carbocycles. The lowest BCUT2D eigenvalue weighted by Crippen LogP contribution is -2.35. The number of aliphatic carboxylic acids is 1. The molecule has 0 radical (unpaired) electrons. The van der Waals surface area contributed by atoms with Crippen LogP contribution in [0.25, 0.3) is 0 Å². The molecule has 3 N–H and O–H groups in total. The molecule has 0 aromatic rings. The number of carbonyl (C=O) groups is 2. The number of esters is 1. The second kappa shape index (κ2) is 4.76. The standard InChI is InChI=1S/C7H12O3.C6H9NO2/c1-2-7(6(9)10)3-5(7)4-8;1-7-6-2-4(6)3-9-5(6)8/h5,8H,2-4H2,1H3,(H,9,10);4,7H,2-3H2,1H3/t5-,7-;4?,6-/m10/s1. The summed E-state index contributed by atoms with van der Waals surface area (Å²) in [5.41, 5.74) is -0.825. The van der Waals surface area contributed by atoms with Gasteiger partial charge in [-0.3, -0.25) is 9.59 Å². The van der Waals surface area contributed by atoms with E-state index in [-0.39, 0.29) is 24.0 Å². The molecule has 4 atom stereocenters. The van der Waals surface area contributed by atoms with Crippen molar-refractivity contribution in [3.8, 4) is 0 Å². The third-order valence-electron chi connectivity index (χ3n) is 4.84. The molecule has 1 unspecified atom stereocenters. The first kappa shape index (κ1) is 14.3. The highest BCUT2D eigenvalue weighted by molar-refractivity contribution is 5.87. The fraction of sp³-hybridized carbons (Fsp3) is 0.846.